The lowest BCUT2D eigenvalue weighted by Gasteiger charge is -2.19. The van der Waals surface area contributed by atoms with E-state index in [2.05, 4.69) is 9.68 Å². The third kappa shape index (κ3) is 10.7. The second-order valence-electron chi connectivity index (χ2n) is 4.14. The van der Waals surface area contributed by atoms with Crippen molar-refractivity contribution in [2.75, 3.05) is 0 Å². The highest BCUT2D eigenvalue weighted by Gasteiger charge is 2.15. The van der Waals surface area contributed by atoms with E-state index in [1.165, 1.54) is 0 Å². The van der Waals surface area contributed by atoms with Crippen LogP contribution in [-0.4, -0.2) is 23.2 Å². The summed E-state index contributed by atoms with van der Waals surface area (Å²) in [5, 5.41) is 0.527. The minimum absolute atomic E-state index is 0.158. The Morgan fingerprint density at radius 1 is 0.762 bits per heavy atom. The van der Waals surface area contributed by atoms with Gasteiger partial charge in [-0.05, 0) is 30.4 Å². The van der Waals surface area contributed by atoms with E-state index in [0.717, 1.165) is 0 Å². The topological polar surface area (TPSA) is 106 Å². The monoisotopic (exact) mass is 305 g/mol. The third-order valence-electron chi connectivity index (χ3n) is 2.04. The van der Waals surface area contributed by atoms with E-state index in [9.17, 15) is 14.4 Å². The number of hydrogen-bond acceptors (Lipinski definition) is 9. The number of nitrogens with zero attached hydrogens (tertiary/aromatic N) is 1. The first-order chi connectivity index (χ1) is 10.0. The maximum atomic E-state index is 11.4. The predicted molar refractivity (Wildman–Crippen MR) is 71.1 cm³/mol. The molecule has 0 rings (SSSR count). The quantitative estimate of drug-likeness (QED) is 0.542. The van der Waals surface area contributed by atoms with E-state index in [0.29, 0.717) is 24.5 Å². The van der Waals surface area contributed by atoms with Crippen molar-refractivity contribution in [2.24, 2.45) is 0 Å². The second-order valence-corrected chi connectivity index (χ2v) is 4.14. The van der Waals surface area contributed by atoms with Crippen LogP contribution in [-0.2, 0) is 28.9 Å². The summed E-state index contributed by atoms with van der Waals surface area (Å²) in [5.74, 6) is -1.68. The minimum atomic E-state index is -0.587. The van der Waals surface area contributed by atoms with Crippen molar-refractivity contribution in [1.82, 2.24) is 16.5 Å². The molecule has 0 saturated heterocycles. The number of hydrogen-bond donors (Lipinski definition) is 2. The van der Waals surface area contributed by atoms with E-state index in [1.807, 2.05) is 25.0 Å². The average Bonchev–Trinajstić information content (AvgIpc) is 2.42. The highest BCUT2D eigenvalue weighted by molar-refractivity contribution is 5.70. The first-order valence-electron chi connectivity index (χ1n) is 6.94. The van der Waals surface area contributed by atoms with E-state index in [-0.39, 0.29) is 19.3 Å². The molecular weight excluding hydrogens is 282 g/mol. The smallest absolute Gasteiger partial charge is 0.329 e. The van der Waals surface area contributed by atoms with Gasteiger partial charge in [-0.3, -0.25) is 14.4 Å². The van der Waals surface area contributed by atoms with Crippen molar-refractivity contribution in [2.45, 2.75) is 59.3 Å². The number of carbonyl (C=O) groups is 3. The second kappa shape index (κ2) is 12.1. The molecule has 0 heterocycles. The molecule has 0 aliphatic rings. The van der Waals surface area contributed by atoms with E-state index in [4.69, 9.17) is 4.84 Å². The van der Waals surface area contributed by atoms with Crippen LogP contribution in [0.25, 0.3) is 0 Å². The van der Waals surface area contributed by atoms with E-state index >= 15 is 0 Å². The number of nitrogens with one attached hydrogen (secondary N) is 2. The van der Waals surface area contributed by atoms with Gasteiger partial charge in [0.05, 0.1) is 5.28 Å². The summed E-state index contributed by atoms with van der Waals surface area (Å²) in [4.78, 5) is 47.8. The molecule has 0 aromatic heterocycles. The molecule has 0 fully saturated rings. The van der Waals surface area contributed by atoms with Crippen LogP contribution in [0.2, 0.25) is 0 Å². The summed E-state index contributed by atoms with van der Waals surface area (Å²) >= 11 is 0. The molecule has 0 aliphatic carbocycles. The Labute approximate surface area is 123 Å². The fourth-order valence-electron chi connectivity index (χ4n) is 1.10. The molecular formula is C12H23N3O6. The molecule has 0 amide bonds. The summed E-state index contributed by atoms with van der Waals surface area (Å²) < 4.78 is 0. The van der Waals surface area contributed by atoms with Crippen LogP contribution in [0, 0.1) is 0 Å². The fraction of sp³-hybridized carbons (Fsp3) is 0.750. The average molecular weight is 305 g/mol. The van der Waals surface area contributed by atoms with Gasteiger partial charge in [-0.15, -0.1) is 0 Å². The zero-order valence-electron chi connectivity index (χ0n) is 12.6. The maximum Gasteiger partial charge on any atom is 0.329 e. The molecule has 122 valence electrons. The normalized spacial score (nSPS) is 10.3. The van der Waals surface area contributed by atoms with Crippen LogP contribution in [0.15, 0.2) is 0 Å². The van der Waals surface area contributed by atoms with Crippen LogP contribution in [0.4, 0.5) is 0 Å². The van der Waals surface area contributed by atoms with Crippen molar-refractivity contribution >= 4 is 17.9 Å². The van der Waals surface area contributed by atoms with Gasteiger partial charge in [0.2, 0.25) is 0 Å². The molecule has 0 aromatic rings. The Balaban J connectivity index is 4.29. The largest absolute Gasteiger partial charge is 0.351 e. The van der Waals surface area contributed by atoms with Gasteiger partial charge in [0.25, 0.3) is 0 Å². The summed E-state index contributed by atoms with van der Waals surface area (Å²) in [7, 11) is 0. The first-order valence-corrected chi connectivity index (χ1v) is 6.94. The fourth-order valence-corrected chi connectivity index (χ4v) is 1.10. The molecule has 2 N–H and O–H groups in total. The van der Waals surface area contributed by atoms with Crippen molar-refractivity contribution in [3.8, 4) is 0 Å². The Morgan fingerprint density at radius 3 is 1.52 bits per heavy atom. The number of hydrazine groups is 2. The van der Waals surface area contributed by atoms with Crippen LogP contribution >= 0.6 is 0 Å². The molecule has 0 radical (unpaired) electrons. The molecule has 0 atom stereocenters. The molecule has 21 heavy (non-hydrogen) atoms. The zero-order valence-corrected chi connectivity index (χ0v) is 12.6. The Hall–Kier alpha value is -1.71. The van der Waals surface area contributed by atoms with E-state index < -0.39 is 17.9 Å². The maximum absolute atomic E-state index is 11.4. The van der Waals surface area contributed by atoms with E-state index in [1.54, 1.807) is 6.92 Å². The van der Waals surface area contributed by atoms with Crippen LogP contribution in [0.5, 0.6) is 0 Å². The van der Waals surface area contributed by atoms with Gasteiger partial charge in [0, 0.05) is 19.3 Å². The Morgan fingerprint density at radius 2 is 1.14 bits per heavy atom. The van der Waals surface area contributed by atoms with Gasteiger partial charge in [-0.1, -0.05) is 20.8 Å². The van der Waals surface area contributed by atoms with Gasteiger partial charge >= 0.3 is 17.9 Å². The van der Waals surface area contributed by atoms with Gasteiger partial charge in [0.1, 0.15) is 0 Å². The molecule has 0 unspecified atom stereocenters. The zero-order chi connectivity index (χ0) is 16.1. The van der Waals surface area contributed by atoms with Crippen molar-refractivity contribution in [3.63, 3.8) is 0 Å². The van der Waals surface area contributed by atoms with Crippen LogP contribution in [0.1, 0.15) is 59.3 Å². The molecule has 0 aliphatic heterocycles. The summed E-state index contributed by atoms with van der Waals surface area (Å²) in [5.41, 5.74) is 4.09. The third-order valence-corrected chi connectivity index (χ3v) is 2.04. The van der Waals surface area contributed by atoms with Gasteiger partial charge < -0.3 is 14.5 Å². The number of rotatable bonds is 11. The Bertz CT molecular complexity index is 315. The number of carbonyl (C=O) groups excluding carboxylic acids is 3. The van der Waals surface area contributed by atoms with Gasteiger partial charge in [-0.25, -0.2) is 0 Å². The molecule has 0 aromatic carbocycles. The van der Waals surface area contributed by atoms with Crippen molar-refractivity contribution in [3.05, 3.63) is 0 Å². The summed E-state index contributed by atoms with van der Waals surface area (Å²) in [6.07, 6.45) is 2.34. The minimum Gasteiger partial charge on any atom is -0.351 e. The summed E-state index contributed by atoms with van der Waals surface area (Å²) in [6, 6.07) is 0. The lowest BCUT2D eigenvalue weighted by Crippen LogP contribution is -2.50. The van der Waals surface area contributed by atoms with Crippen molar-refractivity contribution < 1.29 is 28.9 Å². The molecule has 0 saturated carbocycles. The predicted octanol–water partition coefficient (Wildman–Crippen LogP) is 1.07. The highest BCUT2D eigenvalue weighted by atomic mass is 16.9. The molecule has 9 heteroatoms. The highest BCUT2D eigenvalue weighted by Crippen LogP contribution is 1.95. The van der Waals surface area contributed by atoms with Crippen LogP contribution in [0.3, 0.4) is 0 Å². The molecule has 0 spiro atoms. The first kappa shape index (κ1) is 19.3. The Kier molecular flexibility index (Phi) is 11.1. The van der Waals surface area contributed by atoms with Gasteiger partial charge in [-0.2, -0.15) is 0 Å². The summed E-state index contributed by atoms with van der Waals surface area (Å²) in [6.45, 7) is 5.42. The standard InChI is InChI=1S/C12H23N3O6/c1-4-7-10(16)19-13-15(21-12(18)9-6-3)14-20-11(17)8-5-2/h13-14H,4-9H2,1-3H3. The van der Waals surface area contributed by atoms with Gasteiger partial charge in [0.15, 0.2) is 0 Å². The molecule has 9 nitrogen and oxygen atoms in total. The lowest BCUT2D eigenvalue weighted by atomic mass is 10.3. The van der Waals surface area contributed by atoms with Crippen LogP contribution < -0.4 is 11.2 Å². The van der Waals surface area contributed by atoms with Crippen molar-refractivity contribution in [1.29, 1.82) is 0 Å². The SMILES string of the molecule is CCCC(=O)ONN(NOC(=O)CCC)OC(=O)CCC. The lowest BCUT2D eigenvalue weighted by molar-refractivity contribution is -0.320. The molecule has 0 bridgehead atoms.